The van der Waals surface area contributed by atoms with Gasteiger partial charge in [0.2, 0.25) is 5.91 Å². The van der Waals surface area contributed by atoms with Gasteiger partial charge in [-0.1, -0.05) is 6.42 Å². The van der Waals surface area contributed by atoms with Crippen molar-refractivity contribution in [3.8, 4) is 0 Å². The Morgan fingerprint density at radius 3 is 2.63 bits per heavy atom. The van der Waals surface area contributed by atoms with Crippen LogP contribution in [0.1, 0.15) is 31.7 Å². The van der Waals surface area contributed by atoms with Gasteiger partial charge in [0.1, 0.15) is 0 Å². The van der Waals surface area contributed by atoms with Crippen LogP contribution in [-0.4, -0.2) is 29.9 Å². The first-order valence-electron chi connectivity index (χ1n) is 6.99. The molecule has 1 fully saturated rings. The van der Waals surface area contributed by atoms with Crippen molar-refractivity contribution in [2.75, 3.05) is 24.1 Å². The number of nitrogen functional groups attached to an aromatic ring is 1. The monoisotopic (exact) mass is 261 g/mol. The number of hydrogen-bond acceptors (Lipinski definition) is 3. The van der Waals surface area contributed by atoms with Crippen molar-refractivity contribution in [2.45, 2.75) is 39.2 Å². The number of piperidine rings is 1. The van der Waals surface area contributed by atoms with Crippen LogP contribution in [0.15, 0.2) is 18.2 Å². The average Bonchev–Trinajstić information content (AvgIpc) is 2.42. The lowest BCUT2D eigenvalue weighted by Gasteiger charge is -2.31. The van der Waals surface area contributed by atoms with Gasteiger partial charge in [-0.05, 0) is 63.5 Å². The minimum absolute atomic E-state index is 0.0646. The van der Waals surface area contributed by atoms with Crippen LogP contribution in [-0.2, 0) is 4.79 Å². The first-order chi connectivity index (χ1) is 9.08. The number of hydrogen-bond donors (Lipinski definition) is 2. The second-order valence-electron chi connectivity index (χ2n) is 5.34. The number of anilines is 2. The molecule has 2 rings (SSSR count). The quantitative estimate of drug-likeness (QED) is 0.821. The summed E-state index contributed by atoms with van der Waals surface area (Å²) in [5.41, 5.74) is 8.29. The van der Waals surface area contributed by atoms with Crippen LogP contribution in [0, 0.1) is 6.92 Å². The van der Waals surface area contributed by atoms with E-state index in [9.17, 15) is 4.79 Å². The number of likely N-dealkylation sites (tertiary alicyclic amines) is 1. The van der Waals surface area contributed by atoms with Gasteiger partial charge in [-0.2, -0.15) is 0 Å². The Morgan fingerprint density at radius 2 is 2.00 bits per heavy atom. The molecule has 0 bridgehead atoms. The van der Waals surface area contributed by atoms with Gasteiger partial charge in [-0.25, -0.2) is 0 Å². The molecule has 1 atom stereocenters. The fourth-order valence-corrected chi connectivity index (χ4v) is 2.54. The second-order valence-corrected chi connectivity index (χ2v) is 5.34. The van der Waals surface area contributed by atoms with Crippen molar-refractivity contribution < 1.29 is 4.79 Å². The van der Waals surface area contributed by atoms with Gasteiger partial charge in [-0.3, -0.25) is 9.69 Å². The summed E-state index contributed by atoms with van der Waals surface area (Å²) < 4.78 is 0. The molecular weight excluding hydrogens is 238 g/mol. The third-order valence-corrected chi connectivity index (χ3v) is 3.83. The molecule has 1 aliphatic rings. The molecule has 4 heteroatoms. The van der Waals surface area contributed by atoms with Gasteiger partial charge in [0.05, 0.1) is 6.04 Å². The van der Waals surface area contributed by atoms with Crippen molar-refractivity contribution in [3.63, 3.8) is 0 Å². The highest BCUT2D eigenvalue weighted by atomic mass is 16.2. The Balaban J connectivity index is 1.99. The predicted molar refractivity (Wildman–Crippen MR) is 79.1 cm³/mol. The largest absolute Gasteiger partial charge is 0.399 e. The van der Waals surface area contributed by atoms with Gasteiger partial charge in [-0.15, -0.1) is 0 Å². The molecule has 0 saturated carbocycles. The molecule has 1 aliphatic heterocycles. The van der Waals surface area contributed by atoms with E-state index in [-0.39, 0.29) is 11.9 Å². The highest BCUT2D eigenvalue weighted by Gasteiger charge is 2.22. The SMILES string of the molecule is Cc1cc(N)ccc1NC(=O)C(C)N1CCCCC1. The first-order valence-corrected chi connectivity index (χ1v) is 6.99. The van der Waals surface area contributed by atoms with E-state index in [2.05, 4.69) is 10.2 Å². The maximum atomic E-state index is 12.3. The molecule has 0 radical (unpaired) electrons. The summed E-state index contributed by atoms with van der Waals surface area (Å²) in [4.78, 5) is 14.5. The zero-order valence-corrected chi connectivity index (χ0v) is 11.8. The van der Waals surface area contributed by atoms with Gasteiger partial charge >= 0.3 is 0 Å². The predicted octanol–water partition coefficient (Wildman–Crippen LogP) is 2.39. The van der Waals surface area contributed by atoms with Crippen LogP contribution in [0.3, 0.4) is 0 Å². The summed E-state index contributed by atoms with van der Waals surface area (Å²) >= 11 is 0. The van der Waals surface area contributed by atoms with Crippen LogP contribution in [0.5, 0.6) is 0 Å². The molecule has 1 aromatic carbocycles. The van der Waals surface area contributed by atoms with E-state index in [0.717, 1.165) is 30.0 Å². The van der Waals surface area contributed by atoms with Crippen molar-refractivity contribution in [3.05, 3.63) is 23.8 Å². The third-order valence-electron chi connectivity index (χ3n) is 3.83. The summed E-state index contributed by atoms with van der Waals surface area (Å²) in [5.74, 6) is 0.0646. The number of amides is 1. The van der Waals surface area contributed by atoms with E-state index in [1.54, 1.807) is 0 Å². The second kappa shape index (κ2) is 6.06. The minimum Gasteiger partial charge on any atom is -0.399 e. The van der Waals surface area contributed by atoms with Crippen LogP contribution >= 0.6 is 0 Å². The molecule has 1 unspecified atom stereocenters. The summed E-state index contributed by atoms with van der Waals surface area (Å²) in [6.45, 7) is 5.98. The van der Waals surface area contributed by atoms with Gasteiger partial charge in [0.25, 0.3) is 0 Å². The number of nitrogens with one attached hydrogen (secondary N) is 1. The van der Waals surface area contributed by atoms with Crippen molar-refractivity contribution in [1.82, 2.24) is 4.90 Å². The summed E-state index contributed by atoms with van der Waals surface area (Å²) in [5, 5.41) is 3.00. The average molecular weight is 261 g/mol. The Bertz CT molecular complexity index is 453. The lowest BCUT2D eigenvalue weighted by molar-refractivity contribution is -0.121. The summed E-state index contributed by atoms with van der Waals surface area (Å²) in [7, 11) is 0. The zero-order chi connectivity index (χ0) is 13.8. The van der Waals surface area contributed by atoms with Crippen molar-refractivity contribution in [1.29, 1.82) is 0 Å². The standard InChI is InChI=1S/C15H23N3O/c1-11-10-13(16)6-7-14(11)17-15(19)12(2)18-8-4-3-5-9-18/h6-7,10,12H,3-5,8-9,16H2,1-2H3,(H,17,19). The number of rotatable bonds is 3. The van der Waals surface area contributed by atoms with E-state index in [1.165, 1.54) is 19.3 Å². The molecule has 1 amide bonds. The molecule has 1 saturated heterocycles. The molecule has 0 aliphatic carbocycles. The van der Waals surface area contributed by atoms with Crippen molar-refractivity contribution in [2.24, 2.45) is 0 Å². The van der Waals surface area contributed by atoms with Crippen LogP contribution in [0.25, 0.3) is 0 Å². The fraction of sp³-hybridized carbons (Fsp3) is 0.533. The molecule has 1 aromatic rings. The van der Waals surface area contributed by atoms with Crippen LogP contribution in [0.4, 0.5) is 11.4 Å². The van der Waals surface area contributed by atoms with E-state index in [0.29, 0.717) is 0 Å². The summed E-state index contributed by atoms with van der Waals surface area (Å²) in [6.07, 6.45) is 3.67. The number of carbonyl (C=O) groups is 1. The molecule has 0 spiro atoms. The molecular formula is C15H23N3O. The Hall–Kier alpha value is -1.55. The molecule has 1 heterocycles. The Labute approximate surface area is 115 Å². The minimum atomic E-state index is -0.0720. The number of aryl methyl sites for hydroxylation is 1. The van der Waals surface area contributed by atoms with Gasteiger partial charge in [0, 0.05) is 11.4 Å². The number of nitrogens with zero attached hydrogens (tertiary/aromatic N) is 1. The highest BCUT2D eigenvalue weighted by Crippen LogP contribution is 2.19. The van der Waals surface area contributed by atoms with E-state index < -0.39 is 0 Å². The first kappa shape index (κ1) is 13.9. The smallest absolute Gasteiger partial charge is 0.241 e. The van der Waals surface area contributed by atoms with E-state index >= 15 is 0 Å². The highest BCUT2D eigenvalue weighted by molar-refractivity contribution is 5.95. The number of carbonyl (C=O) groups excluding carboxylic acids is 1. The Morgan fingerprint density at radius 1 is 1.32 bits per heavy atom. The fourth-order valence-electron chi connectivity index (χ4n) is 2.54. The molecule has 0 aromatic heterocycles. The molecule has 104 valence electrons. The number of nitrogens with two attached hydrogens (primary N) is 1. The van der Waals surface area contributed by atoms with Crippen LogP contribution in [0.2, 0.25) is 0 Å². The topological polar surface area (TPSA) is 58.4 Å². The molecule has 3 N–H and O–H groups in total. The lowest BCUT2D eigenvalue weighted by atomic mass is 10.1. The van der Waals surface area contributed by atoms with Gasteiger partial charge < -0.3 is 11.1 Å². The lowest BCUT2D eigenvalue weighted by Crippen LogP contribution is -2.44. The molecule has 4 nitrogen and oxygen atoms in total. The van der Waals surface area contributed by atoms with E-state index in [1.807, 2.05) is 32.0 Å². The maximum Gasteiger partial charge on any atom is 0.241 e. The third kappa shape index (κ3) is 3.47. The van der Waals surface area contributed by atoms with Gasteiger partial charge in [0.15, 0.2) is 0 Å². The normalized spacial score (nSPS) is 18.0. The number of benzene rings is 1. The van der Waals surface area contributed by atoms with Crippen molar-refractivity contribution >= 4 is 17.3 Å². The van der Waals surface area contributed by atoms with E-state index in [4.69, 9.17) is 5.73 Å². The molecule has 19 heavy (non-hydrogen) atoms. The zero-order valence-electron chi connectivity index (χ0n) is 11.8. The maximum absolute atomic E-state index is 12.3. The Kier molecular flexibility index (Phi) is 4.43. The summed E-state index contributed by atoms with van der Waals surface area (Å²) in [6, 6.07) is 5.48. The van der Waals surface area contributed by atoms with Crippen LogP contribution < -0.4 is 11.1 Å².